The highest BCUT2D eigenvalue weighted by Crippen LogP contribution is 2.03. The van der Waals surface area contributed by atoms with Crippen LogP contribution in [0.2, 0.25) is 0 Å². The van der Waals surface area contributed by atoms with Gasteiger partial charge in [-0.3, -0.25) is 4.79 Å². The molecule has 0 fully saturated rings. The predicted octanol–water partition coefficient (Wildman–Crippen LogP) is 2.48. The zero-order valence-corrected chi connectivity index (χ0v) is 9.17. The molecule has 0 unspecified atom stereocenters. The van der Waals surface area contributed by atoms with E-state index in [0.717, 1.165) is 32.1 Å². The van der Waals surface area contributed by atoms with E-state index in [1.807, 2.05) is 6.92 Å². The highest BCUT2D eigenvalue weighted by atomic mass is 16.5. The van der Waals surface area contributed by atoms with Gasteiger partial charge in [-0.2, -0.15) is 0 Å². The van der Waals surface area contributed by atoms with Gasteiger partial charge in [-0.25, -0.2) is 4.79 Å². The van der Waals surface area contributed by atoms with Crippen LogP contribution in [0.15, 0.2) is 0 Å². The van der Waals surface area contributed by atoms with Crippen LogP contribution in [-0.4, -0.2) is 18.4 Å². The van der Waals surface area contributed by atoms with Gasteiger partial charge in [0.25, 0.3) is 0 Å². The Balaban J connectivity index is 3.47. The van der Waals surface area contributed by atoms with Crippen molar-refractivity contribution in [3.05, 3.63) is 0 Å². The molecule has 82 valence electrons. The van der Waals surface area contributed by atoms with E-state index in [9.17, 15) is 9.59 Å². The molecule has 0 aliphatic rings. The first-order valence-electron chi connectivity index (χ1n) is 5.42. The minimum atomic E-state index is -0.664. The first kappa shape index (κ1) is 13.1. The Bertz CT molecular complexity index is 175. The zero-order chi connectivity index (χ0) is 10.8. The maximum Gasteiger partial charge on any atom is 0.374 e. The van der Waals surface area contributed by atoms with Crippen molar-refractivity contribution in [2.45, 2.75) is 52.4 Å². The number of hydrogen-bond donors (Lipinski definition) is 0. The van der Waals surface area contributed by atoms with Crippen molar-refractivity contribution < 1.29 is 14.3 Å². The smallest absolute Gasteiger partial charge is 0.374 e. The summed E-state index contributed by atoms with van der Waals surface area (Å²) in [4.78, 5) is 22.1. The second-order valence-electron chi connectivity index (χ2n) is 3.37. The number of rotatable bonds is 8. The standard InChI is InChI=1S/C11H20O3/c1-3-5-6-7-8-10(12)11(13)14-9-4-2/h3-9H2,1-2H3. The number of unbranched alkanes of at least 4 members (excludes halogenated alkanes) is 3. The SMILES string of the molecule is CCCCCCC(=O)C(=O)OCCC. The lowest BCUT2D eigenvalue weighted by atomic mass is 10.1. The zero-order valence-electron chi connectivity index (χ0n) is 9.17. The molecule has 3 heteroatoms. The van der Waals surface area contributed by atoms with E-state index in [1.54, 1.807) is 0 Å². The minimum absolute atomic E-state index is 0.336. The number of ether oxygens (including phenoxy) is 1. The molecule has 3 nitrogen and oxygen atoms in total. The number of ketones is 1. The van der Waals surface area contributed by atoms with Crippen molar-refractivity contribution >= 4 is 11.8 Å². The number of carbonyl (C=O) groups is 2. The average molecular weight is 200 g/mol. The molecule has 0 amide bonds. The van der Waals surface area contributed by atoms with E-state index in [2.05, 4.69) is 6.92 Å². The van der Waals surface area contributed by atoms with Crippen LogP contribution in [-0.2, 0) is 14.3 Å². The van der Waals surface area contributed by atoms with Crippen molar-refractivity contribution in [1.29, 1.82) is 0 Å². The molecule has 14 heavy (non-hydrogen) atoms. The lowest BCUT2D eigenvalue weighted by Crippen LogP contribution is -2.17. The summed E-state index contributed by atoms with van der Waals surface area (Å²) >= 11 is 0. The van der Waals surface area contributed by atoms with Crippen LogP contribution in [0.3, 0.4) is 0 Å². The van der Waals surface area contributed by atoms with Gasteiger partial charge < -0.3 is 4.74 Å². The van der Waals surface area contributed by atoms with Gasteiger partial charge in [0.05, 0.1) is 6.61 Å². The largest absolute Gasteiger partial charge is 0.460 e. The van der Waals surface area contributed by atoms with Crippen LogP contribution >= 0.6 is 0 Å². The molecule has 0 spiro atoms. The normalized spacial score (nSPS) is 9.86. The van der Waals surface area contributed by atoms with Crippen LogP contribution in [0.25, 0.3) is 0 Å². The second-order valence-corrected chi connectivity index (χ2v) is 3.37. The molecule has 0 radical (unpaired) electrons. The number of carbonyl (C=O) groups excluding carboxylic acids is 2. The van der Waals surface area contributed by atoms with Gasteiger partial charge in [-0.15, -0.1) is 0 Å². The fourth-order valence-electron chi connectivity index (χ4n) is 1.09. The Morgan fingerprint density at radius 3 is 2.29 bits per heavy atom. The van der Waals surface area contributed by atoms with Crippen molar-refractivity contribution in [1.82, 2.24) is 0 Å². The molecule has 0 aliphatic heterocycles. The van der Waals surface area contributed by atoms with Gasteiger partial charge in [0, 0.05) is 6.42 Å². The summed E-state index contributed by atoms with van der Waals surface area (Å²) in [6.07, 6.45) is 5.17. The van der Waals surface area contributed by atoms with Gasteiger partial charge in [0.15, 0.2) is 0 Å². The van der Waals surface area contributed by atoms with E-state index in [4.69, 9.17) is 4.74 Å². The molecule has 0 aliphatic carbocycles. The third-order valence-electron chi connectivity index (χ3n) is 1.92. The molecule has 0 bridgehead atoms. The van der Waals surface area contributed by atoms with Crippen LogP contribution in [0, 0.1) is 0 Å². The highest BCUT2D eigenvalue weighted by molar-refractivity contribution is 6.33. The van der Waals surface area contributed by atoms with Gasteiger partial charge >= 0.3 is 5.97 Å². The molecular weight excluding hydrogens is 180 g/mol. The highest BCUT2D eigenvalue weighted by Gasteiger charge is 2.13. The number of esters is 1. The summed E-state index contributed by atoms with van der Waals surface area (Å²) in [5.41, 5.74) is 0. The van der Waals surface area contributed by atoms with E-state index in [1.165, 1.54) is 0 Å². The first-order chi connectivity index (χ1) is 6.72. The van der Waals surface area contributed by atoms with Gasteiger partial charge in [-0.05, 0) is 12.8 Å². The maximum atomic E-state index is 11.1. The van der Waals surface area contributed by atoms with E-state index in [0.29, 0.717) is 13.0 Å². The Morgan fingerprint density at radius 1 is 1.00 bits per heavy atom. The lowest BCUT2D eigenvalue weighted by molar-refractivity contribution is -0.153. The summed E-state index contributed by atoms with van der Waals surface area (Å²) in [5.74, 6) is -1.04. The molecule has 0 aromatic heterocycles. The molecule has 0 heterocycles. The summed E-state index contributed by atoms with van der Waals surface area (Å²) in [6, 6.07) is 0. The third kappa shape index (κ3) is 6.63. The van der Waals surface area contributed by atoms with Crippen LogP contribution in [0.4, 0.5) is 0 Å². The topological polar surface area (TPSA) is 43.4 Å². The van der Waals surface area contributed by atoms with E-state index < -0.39 is 5.97 Å². The fraction of sp³-hybridized carbons (Fsp3) is 0.818. The minimum Gasteiger partial charge on any atom is -0.460 e. The van der Waals surface area contributed by atoms with Crippen molar-refractivity contribution in [2.24, 2.45) is 0 Å². The summed E-state index contributed by atoms with van der Waals surface area (Å²) in [5, 5.41) is 0. The Labute approximate surface area is 85.8 Å². The number of hydrogen-bond acceptors (Lipinski definition) is 3. The molecule has 0 atom stereocenters. The average Bonchev–Trinajstić information content (AvgIpc) is 2.20. The quantitative estimate of drug-likeness (QED) is 0.343. The summed E-state index contributed by atoms with van der Waals surface area (Å²) in [6.45, 7) is 4.36. The van der Waals surface area contributed by atoms with Crippen LogP contribution < -0.4 is 0 Å². The maximum absolute atomic E-state index is 11.1. The first-order valence-corrected chi connectivity index (χ1v) is 5.42. The molecular formula is C11H20O3. The molecule has 0 N–H and O–H groups in total. The van der Waals surface area contributed by atoms with Crippen molar-refractivity contribution in [2.75, 3.05) is 6.61 Å². The van der Waals surface area contributed by atoms with Gasteiger partial charge in [0.2, 0.25) is 5.78 Å². The van der Waals surface area contributed by atoms with Crippen molar-refractivity contribution in [3.63, 3.8) is 0 Å². The Morgan fingerprint density at radius 2 is 1.71 bits per heavy atom. The Kier molecular flexibility index (Phi) is 8.19. The van der Waals surface area contributed by atoms with E-state index >= 15 is 0 Å². The number of Topliss-reactive ketones (excluding diaryl/α,β-unsaturated/α-hetero) is 1. The molecule has 0 aromatic rings. The predicted molar refractivity (Wildman–Crippen MR) is 55.0 cm³/mol. The van der Waals surface area contributed by atoms with Gasteiger partial charge in [0.1, 0.15) is 0 Å². The van der Waals surface area contributed by atoms with Crippen LogP contribution in [0.5, 0.6) is 0 Å². The Hall–Kier alpha value is -0.860. The van der Waals surface area contributed by atoms with Crippen LogP contribution in [0.1, 0.15) is 52.4 Å². The third-order valence-corrected chi connectivity index (χ3v) is 1.92. The molecule has 0 saturated heterocycles. The summed E-state index contributed by atoms with van der Waals surface area (Å²) < 4.78 is 4.72. The monoisotopic (exact) mass is 200 g/mol. The lowest BCUT2D eigenvalue weighted by Gasteiger charge is -2.01. The second kappa shape index (κ2) is 8.73. The molecule has 0 saturated carbocycles. The summed E-state index contributed by atoms with van der Waals surface area (Å²) in [7, 11) is 0. The molecule has 0 aromatic carbocycles. The van der Waals surface area contributed by atoms with Gasteiger partial charge in [-0.1, -0.05) is 33.1 Å². The van der Waals surface area contributed by atoms with E-state index in [-0.39, 0.29) is 5.78 Å². The van der Waals surface area contributed by atoms with Crippen molar-refractivity contribution in [3.8, 4) is 0 Å². The molecule has 0 rings (SSSR count). The fourth-order valence-corrected chi connectivity index (χ4v) is 1.09.